The van der Waals surface area contributed by atoms with E-state index in [2.05, 4.69) is 38.3 Å². The third-order valence-corrected chi connectivity index (χ3v) is 3.06. The Morgan fingerprint density at radius 2 is 1.92 bits per heavy atom. The van der Waals surface area contributed by atoms with Gasteiger partial charge in [-0.3, -0.25) is 0 Å². The lowest BCUT2D eigenvalue weighted by Crippen LogP contribution is -1.99. The first-order chi connectivity index (χ1) is 6.11. The van der Waals surface area contributed by atoms with Crippen molar-refractivity contribution in [3.63, 3.8) is 0 Å². The molecule has 0 unspecified atom stereocenters. The van der Waals surface area contributed by atoms with Crippen LogP contribution in [-0.4, -0.2) is 4.57 Å². The summed E-state index contributed by atoms with van der Waals surface area (Å²) in [6.07, 6.45) is 2.77. The number of aryl methyl sites for hydroxylation is 1. The first-order valence-corrected chi connectivity index (χ1v) is 5.29. The second-order valence-corrected chi connectivity index (χ2v) is 4.58. The standard InChI is InChI=1S/C12H19N/c1-8(2)12-7-9(3)13(10(12)4)11-5-6-11/h7-8,11H,5-6H2,1-4H3. The second-order valence-electron chi connectivity index (χ2n) is 4.58. The first-order valence-electron chi connectivity index (χ1n) is 5.29. The van der Waals surface area contributed by atoms with E-state index in [4.69, 9.17) is 0 Å². The van der Waals surface area contributed by atoms with E-state index >= 15 is 0 Å². The molecule has 0 radical (unpaired) electrons. The quantitative estimate of drug-likeness (QED) is 0.651. The molecular weight excluding hydrogens is 158 g/mol. The number of hydrogen-bond acceptors (Lipinski definition) is 0. The average molecular weight is 177 g/mol. The van der Waals surface area contributed by atoms with E-state index in [9.17, 15) is 0 Å². The smallest absolute Gasteiger partial charge is 0.0337 e. The summed E-state index contributed by atoms with van der Waals surface area (Å²) in [5, 5.41) is 0. The van der Waals surface area contributed by atoms with Crippen LogP contribution in [0.25, 0.3) is 0 Å². The van der Waals surface area contributed by atoms with Crippen LogP contribution in [0.15, 0.2) is 6.07 Å². The molecule has 1 saturated carbocycles. The van der Waals surface area contributed by atoms with E-state index in [1.165, 1.54) is 29.8 Å². The predicted molar refractivity (Wildman–Crippen MR) is 56.3 cm³/mol. The predicted octanol–water partition coefficient (Wildman–Crippen LogP) is 3.56. The molecule has 1 aromatic heterocycles. The van der Waals surface area contributed by atoms with Crippen molar-refractivity contribution >= 4 is 0 Å². The molecule has 1 aliphatic rings. The van der Waals surface area contributed by atoms with Gasteiger partial charge < -0.3 is 4.57 Å². The summed E-state index contributed by atoms with van der Waals surface area (Å²) in [6, 6.07) is 3.19. The lowest BCUT2D eigenvalue weighted by molar-refractivity contribution is 0.691. The van der Waals surface area contributed by atoms with Gasteiger partial charge in [-0.15, -0.1) is 0 Å². The van der Waals surface area contributed by atoms with Crippen LogP contribution in [0.4, 0.5) is 0 Å². The Bertz CT molecular complexity index is 316. The maximum absolute atomic E-state index is 2.52. The van der Waals surface area contributed by atoms with Gasteiger partial charge in [0.15, 0.2) is 0 Å². The summed E-state index contributed by atoms with van der Waals surface area (Å²) in [7, 11) is 0. The SMILES string of the molecule is Cc1cc(C(C)C)c(C)n1C1CC1. The van der Waals surface area contributed by atoms with Gasteiger partial charge in [-0.1, -0.05) is 13.8 Å². The minimum atomic E-state index is 0.665. The summed E-state index contributed by atoms with van der Waals surface area (Å²) < 4.78 is 2.52. The molecule has 0 saturated heterocycles. The fraction of sp³-hybridized carbons (Fsp3) is 0.667. The van der Waals surface area contributed by atoms with Crippen molar-refractivity contribution in [3.05, 3.63) is 23.0 Å². The lowest BCUT2D eigenvalue weighted by Gasteiger charge is -2.09. The van der Waals surface area contributed by atoms with Crippen molar-refractivity contribution in [1.82, 2.24) is 4.57 Å². The number of aromatic nitrogens is 1. The molecule has 0 N–H and O–H groups in total. The highest BCUT2D eigenvalue weighted by molar-refractivity contribution is 5.30. The van der Waals surface area contributed by atoms with Crippen LogP contribution >= 0.6 is 0 Å². The Hall–Kier alpha value is -0.720. The molecule has 1 aliphatic carbocycles. The zero-order chi connectivity index (χ0) is 9.59. The molecule has 0 aromatic carbocycles. The summed E-state index contributed by atoms with van der Waals surface area (Å²) >= 11 is 0. The number of hydrogen-bond donors (Lipinski definition) is 0. The van der Waals surface area contributed by atoms with Crippen LogP contribution in [0, 0.1) is 13.8 Å². The minimum Gasteiger partial charge on any atom is -0.346 e. The van der Waals surface area contributed by atoms with Gasteiger partial charge in [0.05, 0.1) is 0 Å². The molecule has 0 amide bonds. The van der Waals surface area contributed by atoms with Gasteiger partial charge in [0.25, 0.3) is 0 Å². The average Bonchev–Trinajstić information content (AvgIpc) is 2.80. The van der Waals surface area contributed by atoms with Crippen molar-refractivity contribution in [1.29, 1.82) is 0 Å². The van der Waals surface area contributed by atoms with Crippen LogP contribution in [0.3, 0.4) is 0 Å². The molecule has 1 aromatic rings. The fourth-order valence-electron chi connectivity index (χ4n) is 2.28. The zero-order valence-electron chi connectivity index (χ0n) is 9.09. The molecule has 1 heteroatoms. The molecule has 72 valence electrons. The summed E-state index contributed by atoms with van der Waals surface area (Å²) in [4.78, 5) is 0. The van der Waals surface area contributed by atoms with Gasteiger partial charge in [-0.05, 0) is 44.2 Å². The summed E-state index contributed by atoms with van der Waals surface area (Å²) in [6.45, 7) is 9.05. The molecule has 13 heavy (non-hydrogen) atoms. The van der Waals surface area contributed by atoms with Gasteiger partial charge in [-0.25, -0.2) is 0 Å². The molecule has 0 spiro atoms. The topological polar surface area (TPSA) is 4.93 Å². The molecule has 0 aliphatic heterocycles. The molecule has 0 atom stereocenters. The number of nitrogens with zero attached hydrogens (tertiary/aromatic N) is 1. The molecular formula is C12H19N. The fourth-order valence-corrected chi connectivity index (χ4v) is 2.28. The van der Waals surface area contributed by atoms with Crippen molar-refractivity contribution < 1.29 is 0 Å². The molecule has 1 nitrogen and oxygen atoms in total. The van der Waals surface area contributed by atoms with Gasteiger partial charge in [-0.2, -0.15) is 0 Å². The van der Waals surface area contributed by atoms with Gasteiger partial charge in [0, 0.05) is 17.4 Å². The molecule has 2 rings (SSSR count). The van der Waals surface area contributed by atoms with Crippen LogP contribution in [0.1, 0.15) is 55.6 Å². The third-order valence-electron chi connectivity index (χ3n) is 3.06. The van der Waals surface area contributed by atoms with Gasteiger partial charge in [0.2, 0.25) is 0 Å². The third kappa shape index (κ3) is 1.41. The van der Waals surface area contributed by atoms with Gasteiger partial charge >= 0.3 is 0 Å². The Kier molecular flexibility index (Phi) is 1.98. The van der Waals surface area contributed by atoms with E-state index < -0.39 is 0 Å². The van der Waals surface area contributed by atoms with Crippen LogP contribution in [0.5, 0.6) is 0 Å². The first kappa shape index (κ1) is 8.86. The monoisotopic (exact) mass is 177 g/mol. The Labute approximate surface area is 80.8 Å². The largest absolute Gasteiger partial charge is 0.346 e. The van der Waals surface area contributed by atoms with Crippen LogP contribution in [0.2, 0.25) is 0 Å². The Balaban J connectivity index is 2.44. The van der Waals surface area contributed by atoms with Crippen LogP contribution in [-0.2, 0) is 0 Å². The highest BCUT2D eigenvalue weighted by atomic mass is 15.1. The van der Waals surface area contributed by atoms with E-state index in [1.54, 1.807) is 0 Å². The van der Waals surface area contributed by atoms with Crippen molar-refractivity contribution in [2.75, 3.05) is 0 Å². The van der Waals surface area contributed by atoms with E-state index in [1.807, 2.05) is 0 Å². The molecule has 1 fully saturated rings. The van der Waals surface area contributed by atoms with Crippen molar-refractivity contribution in [2.45, 2.75) is 52.5 Å². The summed E-state index contributed by atoms with van der Waals surface area (Å²) in [5.74, 6) is 0.665. The van der Waals surface area contributed by atoms with E-state index in [-0.39, 0.29) is 0 Å². The highest BCUT2D eigenvalue weighted by Crippen LogP contribution is 2.39. The van der Waals surface area contributed by atoms with Crippen LogP contribution < -0.4 is 0 Å². The maximum Gasteiger partial charge on any atom is 0.0337 e. The van der Waals surface area contributed by atoms with Crippen molar-refractivity contribution in [3.8, 4) is 0 Å². The highest BCUT2D eigenvalue weighted by Gasteiger charge is 2.27. The zero-order valence-corrected chi connectivity index (χ0v) is 9.09. The maximum atomic E-state index is 2.52. The summed E-state index contributed by atoms with van der Waals surface area (Å²) in [5.41, 5.74) is 4.48. The molecule has 0 bridgehead atoms. The second kappa shape index (κ2) is 2.90. The minimum absolute atomic E-state index is 0.665. The normalized spacial score (nSPS) is 17.0. The van der Waals surface area contributed by atoms with E-state index in [0.717, 1.165) is 6.04 Å². The Morgan fingerprint density at radius 1 is 1.31 bits per heavy atom. The van der Waals surface area contributed by atoms with Gasteiger partial charge in [0.1, 0.15) is 0 Å². The van der Waals surface area contributed by atoms with Crippen molar-refractivity contribution in [2.24, 2.45) is 0 Å². The molecule has 1 heterocycles. The Morgan fingerprint density at radius 3 is 2.31 bits per heavy atom. The van der Waals surface area contributed by atoms with E-state index in [0.29, 0.717) is 5.92 Å². The number of rotatable bonds is 2. The lowest BCUT2D eigenvalue weighted by atomic mass is 10.0.